The van der Waals surface area contributed by atoms with E-state index in [1.165, 1.54) is 18.7 Å². The molecule has 7 heteroatoms. The van der Waals surface area contributed by atoms with Crippen molar-refractivity contribution < 1.29 is 0 Å². The zero-order valence-corrected chi connectivity index (χ0v) is 17.8. The zero-order valence-electron chi connectivity index (χ0n) is 17.8. The number of rotatable bonds is 6. The lowest BCUT2D eigenvalue weighted by Crippen LogP contribution is -2.46. The third kappa shape index (κ3) is 4.09. The van der Waals surface area contributed by atoms with Gasteiger partial charge >= 0.3 is 0 Å². The lowest BCUT2D eigenvalue weighted by molar-refractivity contribution is 0.258. The molecule has 31 heavy (non-hydrogen) atoms. The molecule has 1 aliphatic rings. The van der Waals surface area contributed by atoms with Gasteiger partial charge in [0.05, 0.1) is 11.4 Å². The van der Waals surface area contributed by atoms with Gasteiger partial charge in [-0.3, -0.25) is 9.88 Å². The molecule has 0 atom stereocenters. The third-order valence-electron chi connectivity index (χ3n) is 5.82. The Morgan fingerprint density at radius 1 is 0.903 bits per heavy atom. The molecule has 1 fully saturated rings. The van der Waals surface area contributed by atoms with Gasteiger partial charge in [0, 0.05) is 55.5 Å². The summed E-state index contributed by atoms with van der Waals surface area (Å²) in [7, 11) is 0. The van der Waals surface area contributed by atoms with Gasteiger partial charge in [-0.15, -0.1) is 0 Å². The highest BCUT2D eigenvalue weighted by Crippen LogP contribution is 2.27. The second-order valence-electron chi connectivity index (χ2n) is 7.86. The first-order valence-corrected chi connectivity index (χ1v) is 10.9. The first kappa shape index (κ1) is 19.5. The molecule has 0 spiro atoms. The fourth-order valence-electron chi connectivity index (χ4n) is 4.20. The molecule has 1 saturated heterocycles. The number of anilines is 3. The van der Waals surface area contributed by atoms with E-state index in [9.17, 15) is 0 Å². The SMILES string of the molecule is CCCN1CCN(c2ccc(Nc3ccc(-c4ccncc4)n4ncnc34)cc2)CC1. The summed E-state index contributed by atoms with van der Waals surface area (Å²) in [6.45, 7) is 7.91. The normalized spacial score (nSPS) is 14.8. The lowest BCUT2D eigenvalue weighted by Gasteiger charge is -2.36. The Labute approximate surface area is 182 Å². The van der Waals surface area contributed by atoms with Crippen molar-refractivity contribution in [2.24, 2.45) is 0 Å². The number of hydrogen-bond donors (Lipinski definition) is 1. The minimum Gasteiger partial charge on any atom is -0.369 e. The van der Waals surface area contributed by atoms with E-state index in [2.05, 4.69) is 73.5 Å². The van der Waals surface area contributed by atoms with Crippen molar-refractivity contribution in [3.63, 3.8) is 0 Å². The van der Waals surface area contributed by atoms with Crippen LogP contribution in [0.15, 0.2) is 67.3 Å². The summed E-state index contributed by atoms with van der Waals surface area (Å²) < 4.78 is 1.86. The average molecular weight is 414 g/mol. The predicted molar refractivity (Wildman–Crippen MR) is 125 cm³/mol. The smallest absolute Gasteiger partial charge is 0.179 e. The molecule has 3 aromatic heterocycles. The maximum Gasteiger partial charge on any atom is 0.179 e. The molecule has 0 bridgehead atoms. The van der Waals surface area contributed by atoms with Crippen LogP contribution in [0.2, 0.25) is 0 Å². The van der Waals surface area contributed by atoms with Crippen LogP contribution in [0.4, 0.5) is 17.1 Å². The summed E-state index contributed by atoms with van der Waals surface area (Å²) in [5, 5.41) is 7.93. The van der Waals surface area contributed by atoms with Crippen LogP contribution in [0.3, 0.4) is 0 Å². The maximum atomic E-state index is 4.47. The number of pyridine rings is 2. The number of piperazine rings is 1. The Morgan fingerprint density at radius 2 is 1.68 bits per heavy atom. The van der Waals surface area contributed by atoms with E-state index in [-0.39, 0.29) is 0 Å². The fraction of sp³-hybridized carbons (Fsp3) is 0.292. The molecular formula is C24H27N7. The monoisotopic (exact) mass is 413 g/mol. The zero-order chi connectivity index (χ0) is 21.0. The van der Waals surface area contributed by atoms with E-state index < -0.39 is 0 Å². The van der Waals surface area contributed by atoms with Crippen molar-refractivity contribution in [2.45, 2.75) is 13.3 Å². The molecule has 1 aliphatic heterocycles. The number of benzene rings is 1. The van der Waals surface area contributed by atoms with Gasteiger partial charge in [-0.2, -0.15) is 5.10 Å². The van der Waals surface area contributed by atoms with Crippen LogP contribution in [0.25, 0.3) is 16.9 Å². The van der Waals surface area contributed by atoms with Crippen LogP contribution in [-0.4, -0.2) is 57.2 Å². The number of aromatic nitrogens is 4. The molecule has 158 valence electrons. The van der Waals surface area contributed by atoms with Gasteiger partial charge in [-0.1, -0.05) is 6.92 Å². The molecule has 1 N–H and O–H groups in total. The Kier molecular flexibility index (Phi) is 5.50. The van der Waals surface area contributed by atoms with Crippen molar-refractivity contribution in [2.75, 3.05) is 42.9 Å². The molecule has 0 saturated carbocycles. The van der Waals surface area contributed by atoms with E-state index in [4.69, 9.17) is 0 Å². The van der Waals surface area contributed by atoms with E-state index in [0.717, 1.165) is 54.5 Å². The van der Waals surface area contributed by atoms with Crippen LogP contribution in [0.5, 0.6) is 0 Å². The second-order valence-corrected chi connectivity index (χ2v) is 7.86. The van der Waals surface area contributed by atoms with E-state index >= 15 is 0 Å². The van der Waals surface area contributed by atoms with Crippen LogP contribution >= 0.6 is 0 Å². The maximum absolute atomic E-state index is 4.47. The largest absolute Gasteiger partial charge is 0.369 e. The molecule has 0 radical (unpaired) electrons. The van der Waals surface area contributed by atoms with Crippen molar-refractivity contribution in [3.05, 3.63) is 67.3 Å². The molecule has 7 nitrogen and oxygen atoms in total. The quantitative estimate of drug-likeness (QED) is 0.514. The number of nitrogens with one attached hydrogen (secondary N) is 1. The molecule has 0 aliphatic carbocycles. The van der Waals surface area contributed by atoms with Crippen molar-refractivity contribution >= 4 is 22.7 Å². The number of nitrogens with zero attached hydrogens (tertiary/aromatic N) is 6. The highest BCUT2D eigenvalue weighted by Gasteiger charge is 2.16. The van der Waals surface area contributed by atoms with E-state index in [0.29, 0.717) is 0 Å². The molecule has 5 rings (SSSR count). The average Bonchev–Trinajstić information content (AvgIpc) is 3.32. The minimum absolute atomic E-state index is 0.797. The van der Waals surface area contributed by atoms with Gasteiger partial charge in [-0.25, -0.2) is 9.50 Å². The summed E-state index contributed by atoms with van der Waals surface area (Å²) >= 11 is 0. The minimum atomic E-state index is 0.797. The number of fused-ring (bicyclic) bond motifs is 1. The third-order valence-corrected chi connectivity index (χ3v) is 5.82. The molecular weight excluding hydrogens is 386 g/mol. The van der Waals surface area contributed by atoms with Crippen molar-refractivity contribution in [1.82, 2.24) is 24.5 Å². The van der Waals surface area contributed by atoms with Crippen LogP contribution < -0.4 is 10.2 Å². The summed E-state index contributed by atoms with van der Waals surface area (Å²) in [6.07, 6.45) is 6.39. The Morgan fingerprint density at radius 3 is 2.42 bits per heavy atom. The van der Waals surface area contributed by atoms with Gasteiger partial charge in [0.15, 0.2) is 5.65 Å². The first-order valence-electron chi connectivity index (χ1n) is 10.9. The van der Waals surface area contributed by atoms with Crippen LogP contribution in [0, 0.1) is 0 Å². The van der Waals surface area contributed by atoms with Crippen LogP contribution in [-0.2, 0) is 0 Å². The first-order chi connectivity index (χ1) is 15.3. The Balaban J connectivity index is 1.32. The molecule has 4 aromatic rings. The van der Waals surface area contributed by atoms with Gasteiger partial charge in [-0.05, 0) is 61.5 Å². The molecule has 0 unspecified atom stereocenters. The molecule has 0 amide bonds. The van der Waals surface area contributed by atoms with E-state index in [1.54, 1.807) is 18.7 Å². The highest BCUT2D eigenvalue weighted by molar-refractivity contribution is 5.77. The fourth-order valence-corrected chi connectivity index (χ4v) is 4.20. The van der Waals surface area contributed by atoms with Gasteiger partial charge < -0.3 is 10.2 Å². The Hall–Kier alpha value is -3.45. The van der Waals surface area contributed by atoms with Crippen molar-refractivity contribution in [1.29, 1.82) is 0 Å². The van der Waals surface area contributed by atoms with Gasteiger partial charge in [0.1, 0.15) is 6.33 Å². The lowest BCUT2D eigenvalue weighted by atomic mass is 10.1. The van der Waals surface area contributed by atoms with E-state index in [1.807, 2.05) is 16.6 Å². The standard InChI is InChI=1S/C24H27N7/c1-2-13-29-14-16-30(17-15-29)21-5-3-20(4-6-21)28-22-7-8-23(19-9-11-25-12-10-19)31-24(22)26-18-27-31/h3-12,18,28H,2,13-17H2,1H3. The molecule has 4 heterocycles. The van der Waals surface area contributed by atoms with Gasteiger partial charge in [0.25, 0.3) is 0 Å². The topological polar surface area (TPSA) is 61.6 Å². The summed E-state index contributed by atoms with van der Waals surface area (Å²) in [6, 6.07) is 16.7. The summed E-state index contributed by atoms with van der Waals surface area (Å²) in [5.74, 6) is 0. The predicted octanol–water partition coefficient (Wildman–Crippen LogP) is 4.07. The molecule has 1 aromatic carbocycles. The van der Waals surface area contributed by atoms with Crippen LogP contribution in [0.1, 0.15) is 13.3 Å². The number of hydrogen-bond acceptors (Lipinski definition) is 6. The second kappa shape index (κ2) is 8.73. The van der Waals surface area contributed by atoms with Gasteiger partial charge in [0.2, 0.25) is 0 Å². The Bertz CT molecular complexity index is 1130. The summed E-state index contributed by atoms with van der Waals surface area (Å²) in [4.78, 5) is 13.6. The highest BCUT2D eigenvalue weighted by atomic mass is 15.3. The summed E-state index contributed by atoms with van der Waals surface area (Å²) in [5.41, 5.74) is 6.08. The van der Waals surface area contributed by atoms with Crippen molar-refractivity contribution in [3.8, 4) is 11.3 Å².